The van der Waals surface area contributed by atoms with E-state index < -0.39 is 5.97 Å². The van der Waals surface area contributed by atoms with Gasteiger partial charge >= 0.3 is 5.97 Å². The van der Waals surface area contributed by atoms with Crippen molar-refractivity contribution in [3.05, 3.63) is 69.6 Å². The third-order valence-corrected chi connectivity index (χ3v) is 4.92. The van der Waals surface area contributed by atoms with E-state index in [2.05, 4.69) is 4.99 Å². The summed E-state index contributed by atoms with van der Waals surface area (Å²) in [6.45, 7) is 0. The molecule has 1 aliphatic heterocycles. The first kappa shape index (κ1) is 17.3. The number of amides is 1. The molecule has 1 heterocycles. The van der Waals surface area contributed by atoms with Crippen molar-refractivity contribution < 1.29 is 14.7 Å². The van der Waals surface area contributed by atoms with Crippen LogP contribution in [0.5, 0.6) is 0 Å². The second kappa shape index (κ2) is 7.13. The van der Waals surface area contributed by atoms with Crippen molar-refractivity contribution in [2.75, 3.05) is 7.05 Å². The highest BCUT2D eigenvalue weighted by atomic mass is 35.5. The molecule has 1 amide bonds. The number of carboxylic acid groups (broad SMARTS) is 1. The first-order valence-corrected chi connectivity index (χ1v) is 8.49. The topological polar surface area (TPSA) is 70.0 Å². The van der Waals surface area contributed by atoms with Crippen LogP contribution < -0.4 is 0 Å². The number of hydrogen-bond donors (Lipinski definition) is 1. The molecule has 0 atom stereocenters. The molecule has 1 saturated heterocycles. The zero-order valence-corrected chi connectivity index (χ0v) is 14.7. The van der Waals surface area contributed by atoms with Crippen molar-refractivity contribution in [1.82, 2.24) is 4.90 Å². The number of carbonyl (C=O) groups is 2. The number of likely N-dealkylation sites (N-methyl/N-ethyl adjacent to an activating group) is 1. The summed E-state index contributed by atoms with van der Waals surface area (Å²) in [5.41, 5.74) is 1.37. The predicted octanol–water partition coefficient (Wildman–Crippen LogP) is 4.27. The second-order valence-corrected chi connectivity index (χ2v) is 6.66. The number of halogens is 1. The van der Waals surface area contributed by atoms with Crippen LogP contribution in [-0.2, 0) is 4.79 Å². The Kier molecular flexibility index (Phi) is 4.92. The van der Waals surface area contributed by atoms with Gasteiger partial charge in [-0.05, 0) is 47.7 Å². The molecule has 1 N–H and O–H groups in total. The summed E-state index contributed by atoms with van der Waals surface area (Å²) in [6, 6.07) is 13.5. The Morgan fingerprint density at radius 2 is 2.00 bits per heavy atom. The van der Waals surface area contributed by atoms with E-state index in [0.717, 1.165) is 5.56 Å². The van der Waals surface area contributed by atoms with Gasteiger partial charge in [0.1, 0.15) is 0 Å². The number of carbonyl (C=O) groups excluding carboxylic acids is 1. The lowest BCUT2D eigenvalue weighted by Crippen LogP contribution is -2.23. The third-order valence-electron chi connectivity index (χ3n) is 3.51. The van der Waals surface area contributed by atoms with Crippen molar-refractivity contribution >= 4 is 52.2 Å². The molecule has 2 aromatic rings. The van der Waals surface area contributed by atoms with Crippen LogP contribution in [0.1, 0.15) is 15.9 Å². The third kappa shape index (κ3) is 3.75. The van der Waals surface area contributed by atoms with E-state index >= 15 is 0 Å². The monoisotopic (exact) mass is 372 g/mol. The molecular weight excluding hydrogens is 360 g/mol. The smallest absolute Gasteiger partial charge is 0.335 e. The van der Waals surface area contributed by atoms with E-state index in [1.54, 1.807) is 31.3 Å². The summed E-state index contributed by atoms with van der Waals surface area (Å²) in [7, 11) is 1.63. The molecule has 0 radical (unpaired) electrons. The van der Waals surface area contributed by atoms with Crippen molar-refractivity contribution in [1.29, 1.82) is 0 Å². The maximum Gasteiger partial charge on any atom is 0.335 e. The van der Waals surface area contributed by atoms with E-state index in [9.17, 15) is 9.59 Å². The van der Waals surface area contributed by atoms with E-state index in [0.29, 0.717) is 20.8 Å². The molecule has 0 bridgehead atoms. The van der Waals surface area contributed by atoms with Gasteiger partial charge in [0.05, 0.1) is 16.2 Å². The lowest BCUT2D eigenvalue weighted by atomic mass is 10.2. The van der Waals surface area contributed by atoms with Crippen LogP contribution in [0.4, 0.5) is 5.69 Å². The highest BCUT2D eigenvalue weighted by Crippen LogP contribution is 2.34. The van der Waals surface area contributed by atoms with Gasteiger partial charge in [-0.25, -0.2) is 9.79 Å². The van der Waals surface area contributed by atoms with Gasteiger partial charge in [0.2, 0.25) is 0 Å². The average molecular weight is 373 g/mol. The molecule has 0 unspecified atom stereocenters. The van der Waals surface area contributed by atoms with Gasteiger partial charge in [-0.15, -0.1) is 0 Å². The minimum atomic E-state index is -1.02. The Labute approximate surface area is 153 Å². The van der Waals surface area contributed by atoms with E-state index in [1.807, 2.05) is 18.2 Å². The highest BCUT2D eigenvalue weighted by Gasteiger charge is 2.30. The Bertz CT molecular complexity index is 924. The van der Waals surface area contributed by atoms with Crippen LogP contribution in [0.25, 0.3) is 6.08 Å². The fraction of sp³-hybridized carbons (Fsp3) is 0.0556. The number of aromatic carboxylic acids is 1. The largest absolute Gasteiger partial charge is 0.478 e. The number of amidine groups is 1. The number of carboxylic acids is 1. The van der Waals surface area contributed by atoms with Crippen LogP contribution in [-0.4, -0.2) is 34.1 Å². The number of benzene rings is 2. The van der Waals surface area contributed by atoms with Crippen LogP contribution >= 0.6 is 23.4 Å². The minimum absolute atomic E-state index is 0.144. The Morgan fingerprint density at radius 1 is 1.24 bits per heavy atom. The summed E-state index contributed by atoms with van der Waals surface area (Å²) in [6.07, 6.45) is 1.72. The zero-order chi connectivity index (χ0) is 18.0. The summed E-state index contributed by atoms with van der Waals surface area (Å²) in [5, 5.41) is 10.1. The van der Waals surface area contributed by atoms with Gasteiger partial charge in [0.15, 0.2) is 5.17 Å². The van der Waals surface area contributed by atoms with Crippen LogP contribution in [0.2, 0.25) is 5.02 Å². The molecule has 0 spiro atoms. The molecule has 2 aromatic carbocycles. The van der Waals surface area contributed by atoms with Gasteiger partial charge < -0.3 is 5.11 Å². The average Bonchev–Trinajstić information content (AvgIpc) is 2.85. The molecule has 1 aliphatic rings. The predicted molar refractivity (Wildman–Crippen MR) is 100 cm³/mol. The highest BCUT2D eigenvalue weighted by molar-refractivity contribution is 8.18. The first-order valence-electron chi connectivity index (χ1n) is 7.30. The summed E-state index contributed by atoms with van der Waals surface area (Å²) in [5.74, 6) is -1.21. The van der Waals surface area contributed by atoms with E-state index in [4.69, 9.17) is 16.7 Å². The molecule has 5 nitrogen and oxygen atoms in total. The van der Waals surface area contributed by atoms with Crippen molar-refractivity contribution in [3.63, 3.8) is 0 Å². The molecule has 0 aliphatic carbocycles. The summed E-state index contributed by atoms with van der Waals surface area (Å²) >= 11 is 7.36. The Morgan fingerprint density at radius 3 is 2.72 bits per heavy atom. The van der Waals surface area contributed by atoms with Gasteiger partial charge in [-0.1, -0.05) is 35.9 Å². The summed E-state index contributed by atoms with van der Waals surface area (Å²) < 4.78 is 0. The number of nitrogens with zero attached hydrogens (tertiary/aromatic N) is 2. The molecule has 3 rings (SSSR count). The first-order chi connectivity index (χ1) is 12.0. The van der Waals surface area contributed by atoms with Gasteiger partial charge in [-0.3, -0.25) is 9.69 Å². The SMILES string of the molecule is CN1C(=O)/C(=C\c2ccccc2Cl)SC1=Nc1cccc(C(=O)O)c1. The van der Waals surface area contributed by atoms with Gasteiger partial charge in [-0.2, -0.15) is 0 Å². The van der Waals surface area contributed by atoms with E-state index in [-0.39, 0.29) is 11.5 Å². The quantitative estimate of drug-likeness (QED) is 0.817. The summed E-state index contributed by atoms with van der Waals surface area (Å²) in [4.78, 5) is 29.8. The lowest BCUT2D eigenvalue weighted by molar-refractivity contribution is -0.121. The van der Waals surface area contributed by atoms with Crippen molar-refractivity contribution in [2.45, 2.75) is 0 Å². The molecule has 126 valence electrons. The van der Waals surface area contributed by atoms with Crippen molar-refractivity contribution in [2.24, 2.45) is 4.99 Å². The lowest BCUT2D eigenvalue weighted by Gasteiger charge is -2.07. The fourth-order valence-electron chi connectivity index (χ4n) is 2.20. The van der Waals surface area contributed by atoms with Crippen LogP contribution in [0.3, 0.4) is 0 Å². The normalized spacial score (nSPS) is 17.5. The Hall–Kier alpha value is -2.57. The number of rotatable bonds is 3. The standard InChI is InChI=1S/C18H13ClN2O3S/c1-21-16(22)15(10-11-5-2-3-8-14(11)19)25-18(21)20-13-7-4-6-12(9-13)17(23)24/h2-10H,1H3,(H,23,24)/b15-10+,20-18?. The molecule has 0 aromatic heterocycles. The van der Waals surface area contributed by atoms with Crippen molar-refractivity contribution in [3.8, 4) is 0 Å². The Balaban J connectivity index is 1.92. The minimum Gasteiger partial charge on any atom is -0.478 e. The zero-order valence-electron chi connectivity index (χ0n) is 13.1. The number of aliphatic imine (C=N–C) groups is 1. The number of hydrogen-bond acceptors (Lipinski definition) is 4. The second-order valence-electron chi connectivity index (χ2n) is 5.25. The maximum absolute atomic E-state index is 12.4. The van der Waals surface area contributed by atoms with Crippen LogP contribution in [0.15, 0.2) is 58.4 Å². The van der Waals surface area contributed by atoms with E-state index in [1.165, 1.54) is 28.8 Å². The molecule has 25 heavy (non-hydrogen) atoms. The molecule has 1 fully saturated rings. The van der Waals surface area contributed by atoms with Crippen LogP contribution in [0, 0.1) is 0 Å². The van der Waals surface area contributed by atoms with Gasteiger partial charge in [0.25, 0.3) is 5.91 Å². The molecule has 7 heteroatoms. The number of thioether (sulfide) groups is 1. The van der Waals surface area contributed by atoms with Gasteiger partial charge in [0, 0.05) is 12.1 Å². The molecular formula is C18H13ClN2O3S. The maximum atomic E-state index is 12.4. The molecule has 0 saturated carbocycles. The fourth-order valence-corrected chi connectivity index (χ4v) is 3.37.